The largest absolute Gasteiger partial charge is 0.322 e. The van der Waals surface area contributed by atoms with Crippen molar-refractivity contribution in [3.63, 3.8) is 0 Å². The second-order valence-electron chi connectivity index (χ2n) is 7.89. The number of aryl methyl sites for hydroxylation is 1. The number of rotatable bonds is 6. The van der Waals surface area contributed by atoms with Crippen LogP contribution in [0.5, 0.6) is 0 Å². The number of benzene rings is 3. The van der Waals surface area contributed by atoms with Gasteiger partial charge in [-0.1, -0.05) is 36.4 Å². The van der Waals surface area contributed by atoms with Crippen LogP contribution in [0.3, 0.4) is 0 Å². The van der Waals surface area contributed by atoms with E-state index >= 15 is 0 Å². The van der Waals surface area contributed by atoms with Gasteiger partial charge in [-0.05, 0) is 54.4 Å². The standard InChI is InChI=1S/C26H27N3O2S/c1-19-10-11-22(17-24(19)28-25(30)21-7-3-2-4-8-21)26(31)27-23-9-5-6-20(16-23)18-29-12-14-32-15-13-29/h2-11,16-17H,12-15,18H2,1H3,(H,27,31)(H,28,30). The minimum absolute atomic E-state index is 0.199. The van der Waals surface area contributed by atoms with Crippen LogP contribution in [0.1, 0.15) is 31.8 Å². The Morgan fingerprint density at radius 1 is 0.844 bits per heavy atom. The van der Waals surface area contributed by atoms with Gasteiger partial charge >= 0.3 is 0 Å². The molecule has 0 radical (unpaired) electrons. The van der Waals surface area contributed by atoms with Gasteiger partial charge in [-0.3, -0.25) is 14.5 Å². The van der Waals surface area contributed by atoms with E-state index in [9.17, 15) is 9.59 Å². The zero-order valence-corrected chi connectivity index (χ0v) is 19.0. The first kappa shape index (κ1) is 22.1. The van der Waals surface area contributed by atoms with Gasteiger partial charge in [0.25, 0.3) is 11.8 Å². The summed E-state index contributed by atoms with van der Waals surface area (Å²) in [7, 11) is 0. The molecule has 0 aromatic heterocycles. The van der Waals surface area contributed by atoms with Crippen LogP contribution in [0.4, 0.5) is 11.4 Å². The summed E-state index contributed by atoms with van der Waals surface area (Å²) in [5.74, 6) is 1.95. The predicted molar refractivity (Wildman–Crippen MR) is 133 cm³/mol. The number of amides is 2. The first-order chi connectivity index (χ1) is 15.6. The summed E-state index contributed by atoms with van der Waals surface area (Å²) in [5.41, 5.74) is 4.56. The summed E-state index contributed by atoms with van der Waals surface area (Å²) in [6.07, 6.45) is 0. The van der Waals surface area contributed by atoms with E-state index in [1.807, 2.05) is 61.2 Å². The van der Waals surface area contributed by atoms with Crippen LogP contribution in [-0.4, -0.2) is 41.3 Å². The average Bonchev–Trinajstić information content (AvgIpc) is 2.82. The summed E-state index contributed by atoms with van der Waals surface area (Å²) < 4.78 is 0. The Balaban J connectivity index is 1.44. The molecule has 1 aliphatic rings. The Hall–Kier alpha value is -3.09. The van der Waals surface area contributed by atoms with Crippen molar-refractivity contribution < 1.29 is 9.59 Å². The number of hydrogen-bond donors (Lipinski definition) is 2. The number of nitrogens with one attached hydrogen (secondary N) is 2. The van der Waals surface area contributed by atoms with Crippen molar-refractivity contribution >= 4 is 35.0 Å². The van der Waals surface area contributed by atoms with Gasteiger partial charge in [-0.2, -0.15) is 11.8 Å². The molecule has 1 fully saturated rings. The van der Waals surface area contributed by atoms with Crippen LogP contribution < -0.4 is 10.6 Å². The molecular weight excluding hydrogens is 418 g/mol. The molecular formula is C26H27N3O2S. The third-order valence-corrected chi connectivity index (χ3v) is 6.42. The van der Waals surface area contributed by atoms with Gasteiger partial charge in [0.2, 0.25) is 0 Å². The van der Waals surface area contributed by atoms with Crippen molar-refractivity contribution in [2.24, 2.45) is 0 Å². The van der Waals surface area contributed by atoms with E-state index in [0.29, 0.717) is 16.8 Å². The molecule has 0 unspecified atom stereocenters. The molecule has 1 heterocycles. The molecule has 0 atom stereocenters. The topological polar surface area (TPSA) is 61.4 Å². The first-order valence-electron chi connectivity index (χ1n) is 10.8. The van der Waals surface area contributed by atoms with E-state index in [-0.39, 0.29) is 11.8 Å². The predicted octanol–water partition coefficient (Wildman–Crippen LogP) is 5.05. The van der Waals surface area contributed by atoms with Crippen molar-refractivity contribution in [3.8, 4) is 0 Å². The lowest BCUT2D eigenvalue weighted by Gasteiger charge is -2.26. The average molecular weight is 446 g/mol. The summed E-state index contributed by atoms with van der Waals surface area (Å²) in [5, 5.41) is 5.91. The van der Waals surface area contributed by atoms with Gasteiger partial charge in [0, 0.05) is 53.6 Å². The lowest BCUT2D eigenvalue weighted by Crippen LogP contribution is -2.31. The minimum Gasteiger partial charge on any atom is -0.322 e. The van der Waals surface area contributed by atoms with E-state index in [1.54, 1.807) is 24.3 Å². The molecule has 6 heteroatoms. The van der Waals surface area contributed by atoms with Crippen LogP contribution >= 0.6 is 11.8 Å². The van der Waals surface area contributed by atoms with Crippen molar-refractivity contribution in [1.29, 1.82) is 0 Å². The molecule has 1 aliphatic heterocycles. The Labute approximate surface area is 193 Å². The smallest absolute Gasteiger partial charge is 0.255 e. The molecule has 32 heavy (non-hydrogen) atoms. The first-order valence-corrected chi connectivity index (χ1v) is 11.9. The maximum Gasteiger partial charge on any atom is 0.255 e. The molecule has 4 rings (SSSR count). The van der Waals surface area contributed by atoms with Crippen LogP contribution in [0.25, 0.3) is 0 Å². The van der Waals surface area contributed by atoms with E-state index in [4.69, 9.17) is 0 Å². The van der Waals surface area contributed by atoms with Gasteiger partial charge in [-0.25, -0.2) is 0 Å². The number of anilines is 2. The fourth-order valence-electron chi connectivity index (χ4n) is 3.65. The third kappa shape index (κ3) is 5.78. The van der Waals surface area contributed by atoms with E-state index in [0.717, 1.165) is 30.9 Å². The van der Waals surface area contributed by atoms with E-state index in [2.05, 4.69) is 21.6 Å². The highest BCUT2D eigenvalue weighted by atomic mass is 32.2. The molecule has 2 amide bonds. The zero-order valence-electron chi connectivity index (χ0n) is 18.1. The Morgan fingerprint density at radius 2 is 1.59 bits per heavy atom. The molecule has 0 saturated carbocycles. The molecule has 164 valence electrons. The maximum atomic E-state index is 12.9. The summed E-state index contributed by atoms with van der Waals surface area (Å²) in [4.78, 5) is 27.9. The normalized spacial score (nSPS) is 14.0. The second kappa shape index (κ2) is 10.5. The van der Waals surface area contributed by atoms with Gasteiger partial charge in [0.05, 0.1) is 0 Å². The molecule has 0 spiro atoms. The molecule has 5 nitrogen and oxygen atoms in total. The van der Waals surface area contributed by atoms with Gasteiger partial charge < -0.3 is 10.6 Å². The number of carbonyl (C=O) groups is 2. The lowest BCUT2D eigenvalue weighted by molar-refractivity contribution is 0.101. The summed E-state index contributed by atoms with van der Waals surface area (Å²) >= 11 is 2.00. The van der Waals surface area contributed by atoms with Crippen molar-refractivity contribution in [3.05, 3.63) is 95.1 Å². The number of thioether (sulfide) groups is 1. The Morgan fingerprint density at radius 3 is 2.38 bits per heavy atom. The summed E-state index contributed by atoms with van der Waals surface area (Å²) in [6.45, 7) is 5.00. The van der Waals surface area contributed by atoms with Gasteiger partial charge in [0.15, 0.2) is 0 Å². The highest BCUT2D eigenvalue weighted by Gasteiger charge is 2.13. The van der Waals surface area contributed by atoms with Crippen LogP contribution in [-0.2, 0) is 6.54 Å². The molecule has 1 saturated heterocycles. The fraction of sp³-hybridized carbons (Fsp3) is 0.231. The molecule has 2 N–H and O–H groups in total. The minimum atomic E-state index is -0.202. The third-order valence-electron chi connectivity index (χ3n) is 5.48. The Bertz CT molecular complexity index is 1100. The zero-order chi connectivity index (χ0) is 22.3. The molecule has 3 aromatic rings. The maximum absolute atomic E-state index is 12.9. The van der Waals surface area contributed by atoms with E-state index in [1.165, 1.54) is 17.1 Å². The molecule has 3 aromatic carbocycles. The van der Waals surface area contributed by atoms with Crippen LogP contribution in [0.2, 0.25) is 0 Å². The molecule has 0 bridgehead atoms. The molecule has 0 aliphatic carbocycles. The SMILES string of the molecule is Cc1ccc(C(=O)Nc2cccc(CN3CCSCC3)c2)cc1NC(=O)c1ccccc1. The van der Waals surface area contributed by atoms with Gasteiger partial charge in [-0.15, -0.1) is 0 Å². The van der Waals surface area contributed by atoms with Crippen molar-refractivity contribution in [2.75, 3.05) is 35.2 Å². The monoisotopic (exact) mass is 445 g/mol. The highest BCUT2D eigenvalue weighted by molar-refractivity contribution is 7.99. The highest BCUT2D eigenvalue weighted by Crippen LogP contribution is 2.20. The second-order valence-corrected chi connectivity index (χ2v) is 9.12. The van der Waals surface area contributed by atoms with Crippen LogP contribution in [0.15, 0.2) is 72.8 Å². The fourth-order valence-corrected chi connectivity index (χ4v) is 4.63. The van der Waals surface area contributed by atoms with E-state index < -0.39 is 0 Å². The number of hydrogen-bond acceptors (Lipinski definition) is 4. The van der Waals surface area contributed by atoms with Gasteiger partial charge in [0.1, 0.15) is 0 Å². The Kier molecular flexibility index (Phi) is 7.24. The number of nitrogens with zero attached hydrogens (tertiary/aromatic N) is 1. The summed E-state index contributed by atoms with van der Waals surface area (Å²) in [6, 6.07) is 22.4. The number of carbonyl (C=O) groups excluding carboxylic acids is 2. The quantitative estimate of drug-likeness (QED) is 0.558. The van der Waals surface area contributed by atoms with Crippen molar-refractivity contribution in [2.45, 2.75) is 13.5 Å². The van der Waals surface area contributed by atoms with Crippen LogP contribution in [0, 0.1) is 6.92 Å². The lowest BCUT2D eigenvalue weighted by atomic mass is 10.1. The van der Waals surface area contributed by atoms with Crippen molar-refractivity contribution in [1.82, 2.24) is 4.90 Å².